The van der Waals surface area contributed by atoms with Gasteiger partial charge in [-0.2, -0.15) is 0 Å². The van der Waals surface area contributed by atoms with Gasteiger partial charge in [-0.15, -0.1) is 24.0 Å². The molecule has 0 aromatic heterocycles. The van der Waals surface area contributed by atoms with E-state index in [1.807, 2.05) is 12.1 Å². The van der Waals surface area contributed by atoms with Gasteiger partial charge in [0.05, 0.1) is 7.11 Å². The van der Waals surface area contributed by atoms with E-state index in [1.165, 1.54) is 24.8 Å². The highest BCUT2D eigenvalue weighted by molar-refractivity contribution is 14.0. The van der Waals surface area contributed by atoms with E-state index >= 15 is 0 Å². The van der Waals surface area contributed by atoms with Gasteiger partial charge in [-0.3, -0.25) is 4.99 Å². The number of rotatable bonds is 12. The van der Waals surface area contributed by atoms with Crippen molar-refractivity contribution in [3.8, 4) is 5.75 Å². The van der Waals surface area contributed by atoms with Crippen LogP contribution >= 0.6 is 24.0 Å². The number of guanidine groups is 1. The van der Waals surface area contributed by atoms with Crippen LogP contribution < -0.4 is 15.4 Å². The van der Waals surface area contributed by atoms with Gasteiger partial charge in [0.25, 0.3) is 0 Å². The van der Waals surface area contributed by atoms with E-state index in [2.05, 4.69) is 29.7 Å². The van der Waals surface area contributed by atoms with Crippen LogP contribution in [0.25, 0.3) is 0 Å². The topological polar surface area (TPSA) is 54.9 Å². The highest BCUT2D eigenvalue weighted by Gasteiger charge is 2.36. The van der Waals surface area contributed by atoms with Crippen molar-refractivity contribution in [1.82, 2.24) is 10.6 Å². The number of nitrogens with one attached hydrogen (secondary N) is 2. The van der Waals surface area contributed by atoms with Crippen LogP contribution in [-0.4, -0.2) is 46.4 Å². The molecule has 6 heteroatoms. The monoisotopic (exact) mass is 503 g/mol. The Balaban J connectivity index is 0.00000392. The van der Waals surface area contributed by atoms with Crippen molar-refractivity contribution >= 4 is 29.9 Å². The van der Waals surface area contributed by atoms with Crippen LogP contribution in [0.4, 0.5) is 0 Å². The molecule has 5 nitrogen and oxygen atoms in total. The quantitative estimate of drug-likeness (QED) is 0.192. The van der Waals surface area contributed by atoms with Gasteiger partial charge in [0.1, 0.15) is 5.75 Å². The van der Waals surface area contributed by atoms with Crippen molar-refractivity contribution in [1.29, 1.82) is 0 Å². The van der Waals surface area contributed by atoms with Crippen LogP contribution in [0.15, 0.2) is 29.3 Å². The Morgan fingerprint density at radius 3 is 2.43 bits per heavy atom. The van der Waals surface area contributed by atoms with Crippen LogP contribution in [-0.2, 0) is 11.2 Å². The Kier molecular flexibility index (Phi) is 12.5. The number of unbranched alkanes of at least 4 members (excludes halogenated alkanes) is 1. The van der Waals surface area contributed by atoms with Crippen molar-refractivity contribution in [3.63, 3.8) is 0 Å². The number of halogens is 1. The lowest BCUT2D eigenvalue weighted by Gasteiger charge is -2.40. The molecule has 0 unspecified atom stereocenters. The van der Waals surface area contributed by atoms with Crippen LogP contribution in [0.2, 0.25) is 0 Å². The third-order valence-electron chi connectivity index (χ3n) is 5.51. The van der Waals surface area contributed by atoms with Gasteiger partial charge in [0.2, 0.25) is 0 Å². The minimum absolute atomic E-state index is 0. The maximum absolute atomic E-state index is 5.28. The van der Waals surface area contributed by atoms with Gasteiger partial charge < -0.3 is 20.1 Å². The first kappa shape index (κ1) is 25.0. The zero-order chi connectivity index (χ0) is 19.4. The summed E-state index contributed by atoms with van der Waals surface area (Å²) in [5.74, 6) is 1.87. The van der Waals surface area contributed by atoms with Gasteiger partial charge in [-0.05, 0) is 68.6 Å². The summed E-state index contributed by atoms with van der Waals surface area (Å²) < 4.78 is 10.5. The van der Waals surface area contributed by atoms with Crippen LogP contribution in [0.5, 0.6) is 5.75 Å². The molecule has 1 saturated carbocycles. The lowest BCUT2D eigenvalue weighted by molar-refractivity contribution is 0.0778. The standard InChI is InChI=1S/C22H37N3O2.HI/c1-4-23-21(25-18-22(13-7-14-22)15-17-26-2)24-16-6-5-8-19-9-11-20(27-3)12-10-19;/h9-12H,4-8,13-18H2,1-3H3,(H2,23,24,25);1H. The fourth-order valence-corrected chi connectivity index (χ4v) is 3.52. The summed E-state index contributed by atoms with van der Waals surface area (Å²) in [5.41, 5.74) is 1.73. The minimum atomic E-state index is 0. The highest BCUT2D eigenvalue weighted by atomic mass is 127. The number of methoxy groups -OCH3 is 2. The summed E-state index contributed by atoms with van der Waals surface area (Å²) in [6.07, 6.45) is 8.40. The second-order valence-electron chi connectivity index (χ2n) is 7.52. The van der Waals surface area contributed by atoms with Crippen LogP contribution in [0.3, 0.4) is 0 Å². The molecule has 2 N–H and O–H groups in total. The smallest absolute Gasteiger partial charge is 0.191 e. The molecule has 2 rings (SSSR count). The molecule has 28 heavy (non-hydrogen) atoms. The molecule has 1 aromatic rings. The van der Waals surface area contributed by atoms with Gasteiger partial charge in [-0.25, -0.2) is 0 Å². The zero-order valence-electron chi connectivity index (χ0n) is 17.8. The highest BCUT2D eigenvalue weighted by Crippen LogP contribution is 2.44. The number of ether oxygens (including phenoxy) is 2. The molecule has 1 aromatic carbocycles. The summed E-state index contributed by atoms with van der Waals surface area (Å²) in [4.78, 5) is 4.86. The molecule has 0 atom stereocenters. The van der Waals surface area contributed by atoms with Gasteiger partial charge in [0, 0.05) is 33.4 Å². The van der Waals surface area contributed by atoms with Gasteiger partial charge >= 0.3 is 0 Å². The normalized spacial score (nSPS) is 15.3. The Morgan fingerprint density at radius 1 is 1.11 bits per heavy atom. The molecule has 0 heterocycles. The molecule has 0 saturated heterocycles. The first-order valence-corrected chi connectivity index (χ1v) is 10.4. The maximum atomic E-state index is 5.28. The molecule has 0 amide bonds. The third kappa shape index (κ3) is 8.55. The second kappa shape index (κ2) is 14.0. The predicted octanol–water partition coefficient (Wildman–Crippen LogP) is 4.40. The molecular weight excluding hydrogens is 465 g/mol. The zero-order valence-corrected chi connectivity index (χ0v) is 20.1. The fraction of sp³-hybridized carbons (Fsp3) is 0.682. The molecule has 0 bridgehead atoms. The number of aryl methyl sites for hydroxylation is 1. The first-order valence-electron chi connectivity index (χ1n) is 10.4. The number of aliphatic imine (C=N–C) groups is 1. The lowest BCUT2D eigenvalue weighted by Crippen LogP contribution is -2.40. The molecule has 0 aliphatic heterocycles. The molecule has 1 aliphatic carbocycles. The summed E-state index contributed by atoms with van der Waals surface area (Å²) in [7, 11) is 3.49. The average Bonchev–Trinajstić information content (AvgIpc) is 2.67. The minimum Gasteiger partial charge on any atom is -0.497 e. The van der Waals surface area contributed by atoms with Crippen molar-refractivity contribution in [2.75, 3.05) is 40.5 Å². The number of benzene rings is 1. The molecule has 1 fully saturated rings. The SMILES string of the molecule is CCNC(=NCC1(CCOC)CCC1)NCCCCc1ccc(OC)cc1.I. The van der Waals surface area contributed by atoms with Crippen LogP contribution in [0.1, 0.15) is 51.0 Å². The van der Waals surface area contributed by atoms with Crippen molar-refractivity contribution in [2.24, 2.45) is 10.4 Å². The average molecular weight is 503 g/mol. The number of hydrogen-bond acceptors (Lipinski definition) is 3. The Labute approximate surface area is 188 Å². The van der Waals surface area contributed by atoms with Gasteiger partial charge in [0.15, 0.2) is 5.96 Å². The summed E-state index contributed by atoms with van der Waals surface area (Å²) in [6.45, 7) is 5.70. The molecule has 0 spiro atoms. The molecule has 1 aliphatic rings. The number of nitrogens with zero attached hydrogens (tertiary/aromatic N) is 1. The lowest BCUT2D eigenvalue weighted by atomic mass is 9.67. The number of hydrogen-bond donors (Lipinski definition) is 2. The summed E-state index contributed by atoms with van der Waals surface area (Å²) in [5, 5.41) is 6.86. The molecule has 0 radical (unpaired) electrons. The Morgan fingerprint density at radius 2 is 1.86 bits per heavy atom. The molecular formula is C22H38IN3O2. The molecule has 160 valence electrons. The summed E-state index contributed by atoms with van der Waals surface area (Å²) in [6, 6.07) is 8.36. The van der Waals surface area contributed by atoms with E-state index in [-0.39, 0.29) is 24.0 Å². The van der Waals surface area contributed by atoms with Crippen molar-refractivity contribution in [2.45, 2.75) is 51.9 Å². The van der Waals surface area contributed by atoms with Gasteiger partial charge in [-0.1, -0.05) is 18.6 Å². The summed E-state index contributed by atoms with van der Waals surface area (Å²) >= 11 is 0. The van der Waals surface area contributed by atoms with E-state index in [9.17, 15) is 0 Å². The largest absolute Gasteiger partial charge is 0.497 e. The van der Waals surface area contributed by atoms with E-state index in [4.69, 9.17) is 14.5 Å². The Bertz CT molecular complexity index is 559. The van der Waals surface area contributed by atoms with E-state index in [1.54, 1.807) is 14.2 Å². The fourth-order valence-electron chi connectivity index (χ4n) is 3.52. The van der Waals surface area contributed by atoms with E-state index in [0.717, 1.165) is 63.6 Å². The second-order valence-corrected chi connectivity index (χ2v) is 7.52. The van der Waals surface area contributed by atoms with Crippen LogP contribution in [0, 0.1) is 5.41 Å². The first-order chi connectivity index (χ1) is 13.2. The third-order valence-corrected chi connectivity index (χ3v) is 5.51. The predicted molar refractivity (Wildman–Crippen MR) is 128 cm³/mol. The maximum Gasteiger partial charge on any atom is 0.191 e. The van der Waals surface area contributed by atoms with E-state index < -0.39 is 0 Å². The van der Waals surface area contributed by atoms with Crippen molar-refractivity contribution < 1.29 is 9.47 Å². The van der Waals surface area contributed by atoms with Crippen molar-refractivity contribution in [3.05, 3.63) is 29.8 Å². The Hall–Kier alpha value is -1.02. The van der Waals surface area contributed by atoms with E-state index in [0.29, 0.717) is 5.41 Å².